The molecule has 1 rings (SSSR count). The molecule has 0 aromatic rings. The van der Waals surface area contributed by atoms with Crippen molar-refractivity contribution in [2.75, 3.05) is 25.4 Å². The Bertz CT molecular complexity index is 243. The third-order valence-electron chi connectivity index (χ3n) is 3.08. The van der Waals surface area contributed by atoms with Crippen molar-refractivity contribution in [2.45, 2.75) is 44.4 Å². The second-order valence-corrected chi connectivity index (χ2v) is 6.63. The molecule has 0 aromatic carbocycles. The highest BCUT2D eigenvalue weighted by atomic mass is 32.2. The van der Waals surface area contributed by atoms with Crippen LogP contribution in [0.3, 0.4) is 0 Å². The number of hydrogen-bond donors (Lipinski definition) is 3. The number of amides is 1. The lowest BCUT2D eigenvalue weighted by Gasteiger charge is -2.23. The van der Waals surface area contributed by atoms with Crippen LogP contribution in [0.4, 0.5) is 0 Å². The summed E-state index contributed by atoms with van der Waals surface area (Å²) >= 11 is 1.74. The van der Waals surface area contributed by atoms with Crippen LogP contribution in [0.25, 0.3) is 0 Å². The Morgan fingerprint density at radius 1 is 1.44 bits per heavy atom. The summed E-state index contributed by atoms with van der Waals surface area (Å²) in [4.78, 5) is 11.8. The molecule has 0 aliphatic carbocycles. The van der Waals surface area contributed by atoms with Gasteiger partial charge in [-0.05, 0) is 38.3 Å². The molecule has 18 heavy (non-hydrogen) atoms. The maximum absolute atomic E-state index is 11.8. The van der Waals surface area contributed by atoms with Crippen LogP contribution in [-0.4, -0.2) is 47.8 Å². The first-order chi connectivity index (χ1) is 8.61. The number of rotatable bonds is 7. The Balaban J connectivity index is 2.18. The Morgan fingerprint density at radius 3 is 2.67 bits per heavy atom. The standard InChI is InChI=1S/C13H26N2O2S/c1-10(2)7-11(8-16)15-13(17)9-18-12-3-5-14-6-4-12/h10-12,14,16H,3-9H2,1-2H3,(H,15,17). The molecular weight excluding hydrogens is 248 g/mol. The number of hydrogen-bond acceptors (Lipinski definition) is 4. The second kappa shape index (κ2) is 8.77. The van der Waals surface area contributed by atoms with E-state index in [-0.39, 0.29) is 18.6 Å². The van der Waals surface area contributed by atoms with E-state index >= 15 is 0 Å². The lowest BCUT2D eigenvalue weighted by Crippen LogP contribution is -2.40. The summed E-state index contributed by atoms with van der Waals surface area (Å²) in [5.41, 5.74) is 0. The van der Waals surface area contributed by atoms with E-state index in [1.165, 1.54) is 0 Å². The molecule has 1 unspecified atom stereocenters. The quantitative estimate of drug-likeness (QED) is 0.648. The molecule has 1 aliphatic heterocycles. The number of nitrogens with one attached hydrogen (secondary N) is 2. The summed E-state index contributed by atoms with van der Waals surface area (Å²) in [5.74, 6) is 1.05. The molecule has 1 saturated heterocycles. The molecule has 1 atom stereocenters. The molecule has 4 nitrogen and oxygen atoms in total. The number of aliphatic hydroxyl groups is 1. The van der Waals surface area contributed by atoms with E-state index in [0.29, 0.717) is 16.9 Å². The fraction of sp³-hybridized carbons (Fsp3) is 0.923. The Hall–Kier alpha value is -0.260. The lowest BCUT2D eigenvalue weighted by molar-refractivity contribution is -0.119. The zero-order chi connectivity index (χ0) is 13.4. The van der Waals surface area contributed by atoms with Crippen LogP contribution in [0, 0.1) is 5.92 Å². The predicted octanol–water partition coefficient (Wildman–Crippen LogP) is 0.995. The third-order valence-corrected chi connectivity index (χ3v) is 4.45. The number of thioether (sulfide) groups is 1. The molecule has 5 heteroatoms. The van der Waals surface area contributed by atoms with Gasteiger partial charge in [0.25, 0.3) is 0 Å². The summed E-state index contributed by atoms with van der Waals surface area (Å²) < 4.78 is 0. The van der Waals surface area contributed by atoms with Gasteiger partial charge in [0.2, 0.25) is 5.91 Å². The van der Waals surface area contributed by atoms with Gasteiger partial charge in [0.15, 0.2) is 0 Å². The van der Waals surface area contributed by atoms with Gasteiger partial charge in [0.05, 0.1) is 18.4 Å². The first-order valence-corrected chi connectivity index (χ1v) is 7.89. The minimum Gasteiger partial charge on any atom is -0.394 e. The van der Waals surface area contributed by atoms with Gasteiger partial charge in [-0.15, -0.1) is 11.8 Å². The Kier molecular flexibility index (Phi) is 7.70. The summed E-state index contributed by atoms with van der Waals surface area (Å²) in [6.07, 6.45) is 3.13. The largest absolute Gasteiger partial charge is 0.394 e. The maximum Gasteiger partial charge on any atom is 0.230 e. The summed E-state index contributed by atoms with van der Waals surface area (Å²) in [7, 11) is 0. The van der Waals surface area contributed by atoms with E-state index in [9.17, 15) is 9.90 Å². The van der Waals surface area contributed by atoms with Crippen LogP contribution in [0.5, 0.6) is 0 Å². The van der Waals surface area contributed by atoms with Gasteiger partial charge in [-0.2, -0.15) is 0 Å². The predicted molar refractivity (Wildman–Crippen MR) is 76.8 cm³/mol. The Labute approximate surface area is 114 Å². The molecule has 0 radical (unpaired) electrons. The molecule has 3 N–H and O–H groups in total. The van der Waals surface area contributed by atoms with Crippen LogP contribution in [-0.2, 0) is 4.79 Å². The van der Waals surface area contributed by atoms with Crippen LogP contribution in [0.15, 0.2) is 0 Å². The van der Waals surface area contributed by atoms with Gasteiger partial charge in [-0.3, -0.25) is 4.79 Å². The van der Waals surface area contributed by atoms with Gasteiger partial charge in [-0.1, -0.05) is 13.8 Å². The molecule has 1 amide bonds. The maximum atomic E-state index is 11.8. The van der Waals surface area contributed by atoms with Gasteiger partial charge < -0.3 is 15.7 Å². The SMILES string of the molecule is CC(C)CC(CO)NC(=O)CSC1CCNCC1. The second-order valence-electron chi connectivity index (χ2n) is 5.34. The highest BCUT2D eigenvalue weighted by molar-refractivity contribution is 8.00. The molecule has 106 valence electrons. The van der Waals surface area contributed by atoms with E-state index in [0.717, 1.165) is 32.4 Å². The normalized spacial score (nSPS) is 18.9. The van der Waals surface area contributed by atoms with Gasteiger partial charge in [0.1, 0.15) is 0 Å². The average molecular weight is 274 g/mol. The molecule has 1 heterocycles. The number of piperidine rings is 1. The minimum absolute atomic E-state index is 0.0297. The van der Waals surface area contributed by atoms with Crippen molar-refractivity contribution < 1.29 is 9.90 Å². The van der Waals surface area contributed by atoms with Crippen molar-refractivity contribution in [1.82, 2.24) is 10.6 Å². The van der Waals surface area contributed by atoms with E-state index in [4.69, 9.17) is 0 Å². The number of carbonyl (C=O) groups excluding carboxylic acids is 1. The van der Waals surface area contributed by atoms with E-state index in [1.807, 2.05) is 0 Å². The monoisotopic (exact) mass is 274 g/mol. The van der Waals surface area contributed by atoms with Crippen LogP contribution in [0.1, 0.15) is 33.1 Å². The van der Waals surface area contributed by atoms with Gasteiger partial charge in [0, 0.05) is 5.25 Å². The van der Waals surface area contributed by atoms with Gasteiger partial charge in [-0.25, -0.2) is 0 Å². The fourth-order valence-corrected chi connectivity index (χ4v) is 3.21. The number of aliphatic hydroxyl groups excluding tert-OH is 1. The summed E-state index contributed by atoms with van der Waals surface area (Å²) in [6, 6.07) is -0.0916. The molecular formula is C13H26N2O2S. The molecule has 0 aromatic heterocycles. The van der Waals surface area contributed by atoms with Crippen molar-refractivity contribution in [1.29, 1.82) is 0 Å². The van der Waals surface area contributed by atoms with Crippen molar-refractivity contribution in [3.05, 3.63) is 0 Å². The highest BCUT2D eigenvalue weighted by Crippen LogP contribution is 2.19. The van der Waals surface area contributed by atoms with E-state index < -0.39 is 0 Å². The first-order valence-electron chi connectivity index (χ1n) is 6.84. The van der Waals surface area contributed by atoms with E-state index in [1.54, 1.807) is 11.8 Å². The summed E-state index contributed by atoms with van der Waals surface area (Å²) in [6.45, 7) is 6.34. The minimum atomic E-state index is -0.0916. The zero-order valence-electron chi connectivity index (χ0n) is 11.4. The van der Waals surface area contributed by atoms with Gasteiger partial charge >= 0.3 is 0 Å². The van der Waals surface area contributed by atoms with Crippen LogP contribution in [0.2, 0.25) is 0 Å². The van der Waals surface area contributed by atoms with Crippen LogP contribution >= 0.6 is 11.8 Å². The molecule has 0 bridgehead atoms. The summed E-state index contributed by atoms with van der Waals surface area (Å²) in [5, 5.41) is 16.0. The van der Waals surface area contributed by atoms with E-state index in [2.05, 4.69) is 24.5 Å². The highest BCUT2D eigenvalue weighted by Gasteiger charge is 2.17. The molecule has 1 fully saturated rings. The van der Waals surface area contributed by atoms with Crippen molar-refractivity contribution in [3.8, 4) is 0 Å². The zero-order valence-corrected chi connectivity index (χ0v) is 12.3. The topological polar surface area (TPSA) is 61.4 Å². The molecule has 0 spiro atoms. The van der Waals surface area contributed by atoms with Crippen molar-refractivity contribution in [2.24, 2.45) is 5.92 Å². The van der Waals surface area contributed by atoms with Crippen LogP contribution < -0.4 is 10.6 Å². The third kappa shape index (κ3) is 6.61. The smallest absolute Gasteiger partial charge is 0.230 e. The number of carbonyl (C=O) groups is 1. The Morgan fingerprint density at radius 2 is 2.11 bits per heavy atom. The molecule has 0 saturated carbocycles. The van der Waals surface area contributed by atoms with Crippen molar-refractivity contribution in [3.63, 3.8) is 0 Å². The fourth-order valence-electron chi connectivity index (χ4n) is 2.17. The lowest BCUT2D eigenvalue weighted by atomic mass is 10.0. The molecule has 1 aliphatic rings. The first kappa shape index (κ1) is 15.8. The van der Waals surface area contributed by atoms with Crippen molar-refractivity contribution >= 4 is 17.7 Å². The average Bonchev–Trinajstić information content (AvgIpc) is 2.36.